The zero-order valence-corrected chi connectivity index (χ0v) is 9.25. The number of carbonyl (C=O) groups excluding carboxylic acids is 4. The van der Waals surface area contributed by atoms with E-state index in [9.17, 15) is 0 Å². The van der Waals surface area contributed by atoms with E-state index in [1.165, 1.54) is 0 Å². The molecule has 12 nitrogen and oxygen atoms in total. The summed E-state index contributed by atoms with van der Waals surface area (Å²) in [6.07, 6.45) is 0. The number of carbonyl (C=O) groups is 4. The van der Waals surface area contributed by atoms with E-state index in [0.29, 0.717) is 0 Å². The molecule has 13 heteroatoms. The number of urea groups is 4. The third kappa shape index (κ3) is 346. The summed E-state index contributed by atoms with van der Waals surface area (Å²) in [6.45, 7) is 0. The molecule has 0 heterocycles. The largest absolute Gasteiger partial charge is 0.352 e. The van der Waals surface area contributed by atoms with Gasteiger partial charge in [0.05, 0.1) is 0 Å². The SMILES string of the molecule is NC(N)=O.NC(N)=O.NC(N)=O.NC(N)=O.[Li]. The summed E-state index contributed by atoms with van der Waals surface area (Å²) in [4.78, 5) is 36.0. The first kappa shape index (κ1) is 29.3. The maximum Gasteiger partial charge on any atom is 0.309 e. The number of nitrogens with two attached hydrogens (primary N) is 8. The topological polar surface area (TPSA) is 276 Å². The average molecular weight is 247 g/mol. The van der Waals surface area contributed by atoms with Crippen molar-refractivity contribution in [2.45, 2.75) is 0 Å². The van der Waals surface area contributed by atoms with Gasteiger partial charge in [-0.05, 0) is 0 Å². The summed E-state index contributed by atoms with van der Waals surface area (Å²) in [5.41, 5.74) is 34.0. The number of hydrogen-bond acceptors (Lipinski definition) is 4. The monoisotopic (exact) mass is 247 g/mol. The predicted octanol–water partition coefficient (Wildman–Crippen LogP) is -4.29. The van der Waals surface area contributed by atoms with E-state index >= 15 is 0 Å². The molecule has 17 heavy (non-hydrogen) atoms. The van der Waals surface area contributed by atoms with Gasteiger partial charge in [-0.25, -0.2) is 19.2 Å². The van der Waals surface area contributed by atoms with Gasteiger partial charge < -0.3 is 45.9 Å². The van der Waals surface area contributed by atoms with Crippen LogP contribution in [-0.4, -0.2) is 43.0 Å². The van der Waals surface area contributed by atoms with Gasteiger partial charge in [-0.15, -0.1) is 0 Å². The van der Waals surface area contributed by atoms with E-state index in [1.54, 1.807) is 0 Å². The van der Waals surface area contributed by atoms with Crippen molar-refractivity contribution < 1.29 is 19.2 Å². The molecule has 0 atom stereocenters. The fourth-order valence-electron chi connectivity index (χ4n) is 0. The molecule has 8 amide bonds. The van der Waals surface area contributed by atoms with Crippen LogP contribution >= 0.6 is 0 Å². The van der Waals surface area contributed by atoms with E-state index in [1.807, 2.05) is 0 Å². The molecule has 0 rings (SSSR count). The Bertz CT molecular complexity index is 170. The van der Waals surface area contributed by atoms with Crippen molar-refractivity contribution in [1.29, 1.82) is 0 Å². The van der Waals surface area contributed by atoms with Crippen molar-refractivity contribution in [3.05, 3.63) is 0 Å². The zero-order valence-electron chi connectivity index (χ0n) is 9.25. The van der Waals surface area contributed by atoms with Crippen LogP contribution in [0.4, 0.5) is 19.2 Å². The smallest absolute Gasteiger partial charge is 0.309 e. The Morgan fingerprint density at radius 3 is 0.412 bits per heavy atom. The van der Waals surface area contributed by atoms with Crippen LogP contribution in [0.15, 0.2) is 0 Å². The maximum absolute atomic E-state index is 9.00. The van der Waals surface area contributed by atoms with Crippen molar-refractivity contribution in [2.75, 3.05) is 0 Å². The van der Waals surface area contributed by atoms with Crippen LogP contribution in [0.5, 0.6) is 0 Å². The summed E-state index contributed by atoms with van der Waals surface area (Å²) >= 11 is 0. The molecule has 0 spiro atoms. The fraction of sp³-hybridized carbons (Fsp3) is 0. The Morgan fingerprint density at radius 2 is 0.412 bits per heavy atom. The third-order valence-electron chi connectivity index (χ3n) is 0. The third-order valence-corrected chi connectivity index (χ3v) is 0. The van der Waals surface area contributed by atoms with Crippen molar-refractivity contribution in [2.24, 2.45) is 45.9 Å². The van der Waals surface area contributed by atoms with Crippen molar-refractivity contribution in [3.8, 4) is 0 Å². The first-order valence-electron chi connectivity index (χ1n) is 3.13. The summed E-state index contributed by atoms with van der Waals surface area (Å²) in [6, 6.07) is -3.33. The van der Waals surface area contributed by atoms with Crippen LogP contribution in [0.25, 0.3) is 0 Å². The van der Waals surface area contributed by atoms with Crippen LogP contribution in [0.1, 0.15) is 0 Å². The first-order valence-corrected chi connectivity index (χ1v) is 3.13. The molecule has 0 aromatic carbocycles. The van der Waals surface area contributed by atoms with Crippen molar-refractivity contribution in [1.82, 2.24) is 0 Å². The van der Waals surface area contributed by atoms with E-state index in [4.69, 9.17) is 19.2 Å². The number of primary amides is 8. The summed E-state index contributed by atoms with van der Waals surface area (Å²) in [5.74, 6) is 0. The van der Waals surface area contributed by atoms with Gasteiger partial charge in [0, 0.05) is 18.9 Å². The van der Waals surface area contributed by atoms with Crippen LogP contribution in [0, 0.1) is 0 Å². The van der Waals surface area contributed by atoms with E-state index in [-0.39, 0.29) is 18.9 Å². The summed E-state index contributed by atoms with van der Waals surface area (Å²) in [7, 11) is 0. The molecule has 0 aliphatic heterocycles. The molecule has 0 fully saturated rings. The number of rotatable bonds is 0. The molecule has 97 valence electrons. The molecule has 0 aliphatic carbocycles. The molecule has 1 radical (unpaired) electrons. The maximum atomic E-state index is 9.00. The molecule has 0 unspecified atom stereocenters. The summed E-state index contributed by atoms with van der Waals surface area (Å²) in [5, 5.41) is 0. The van der Waals surface area contributed by atoms with Gasteiger partial charge in [0.1, 0.15) is 0 Å². The van der Waals surface area contributed by atoms with Crippen molar-refractivity contribution in [3.63, 3.8) is 0 Å². The van der Waals surface area contributed by atoms with Gasteiger partial charge in [-0.3, -0.25) is 0 Å². The second kappa shape index (κ2) is 23.5. The normalized spacial score (nSPS) is 5.65. The van der Waals surface area contributed by atoms with Gasteiger partial charge in [0.2, 0.25) is 0 Å². The molecular formula is C4H16LiN8O4. The Hall–Kier alpha value is -2.32. The second-order valence-electron chi connectivity index (χ2n) is 1.61. The van der Waals surface area contributed by atoms with Crippen LogP contribution in [0.3, 0.4) is 0 Å². The number of hydrogen-bond donors (Lipinski definition) is 8. The molecular weight excluding hydrogens is 231 g/mol. The molecule has 0 aliphatic rings. The van der Waals surface area contributed by atoms with E-state index in [0.717, 1.165) is 0 Å². The van der Waals surface area contributed by atoms with Gasteiger partial charge >= 0.3 is 24.1 Å². The van der Waals surface area contributed by atoms with Gasteiger partial charge in [0.25, 0.3) is 0 Å². The Labute approximate surface area is 109 Å². The van der Waals surface area contributed by atoms with E-state index < -0.39 is 24.1 Å². The average Bonchev–Trinajstić information content (AvgIpc) is 1.76. The van der Waals surface area contributed by atoms with Gasteiger partial charge in [-0.2, -0.15) is 0 Å². The Kier molecular flexibility index (Phi) is 40.5. The minimum Gasteiger partial charge on any atom is -0.352 e. The molecule has 0 saturated heterocycles. The molecule has 0 aromatic rings. The standard InChI is InChI=1S/4CH4N2O.Li/c4*2-1(3)4;/h4*(H4,2,3,4);. The zero-order chi connectivity index (χ0) is 14.3. The van der Waals surface area contributed by atoms with Gasteiger partial charge in [0.15, 0.2) is 0 Å². The van der Waals surface area contributed by atoms with Crippen LogP contribution in [-0.2, 0) is 0 Å². The molecule has 0 aromatic heterocycles. The minimum atomic E-state index is -0.833. The summed E-state index contributed by atoms with van der Waals surface area (Å²) < 4.78 is 0. The molecule has 16 N–H and O–H groups in total. The minimum absolute atomic E-state index is 0. The Balaban J connectivity index is -0.0000000369. The van der Waals surface area contributed by atoms with E-state index in [2.05, 4.69) is 45.9 Å². The van der Waals surface area contributed by atoms with Gasteiger partial charge in [-0.1, -0.05) is 0 Å². The second-order valence-corrected chi connectivity index (χ2v) is 1.61. The number of amides is 8. The Morgan fingerprint density at radius 1 is 0.412 bits per heavy atom. The first-order chi connectivity index (χ1) is 6.93. The fourth-order valence-corrected chi connectivity index (χ4v) is 0. The molecule has 0 saturated carbocycles. The quantitative estimate of drug-likeness (QED) is 0.197. The van der Waals surface area contributed by atoms with Crippen LogP contribution in [0.2, 0.25) is 0 Å². The molecule has 0 bridgehead atoms. The predicted molar refractivity (Wildman–Crippen MR) is 60.8 cm³/mol. The van der Waals surface area contributed by atoms with Crippen LogP contribution < -0.4 is 45.9 Å². The van der Waals surface area contributed by atoms with Crippen molar-refractivity contribution >= 4 is 43.0 Å².